The van der Waals surface area contributed by atoms with Gasteiger partial charge in [0.05, 0.1) is 6.04 Å². The second-order valence-electron chi connectivity index (χ2n) is 7.40. The van der Waals surface area contributed by atoms with Crippen molar-refractivity contribution in [2.75, 3.05) is 44.2 Å². The second kappa shape index (κ2) is 7.66. The summed E-state index contributed by atoms with van der Waals surface area (Å²) in [6.45, 7) is 3.49. The molecular formula is C19H23F3N6O. The Balaban J connectivity index is 1.38. The van der Waals surface area contributed by atoms with E-state index < -0.39 is 24.7 Å². The summed E-state index contributed by atoms with van der Waals surface area (Å²) in [7, 11) is 0. The molecule has 156 valence electrons. The number of hydrogen-bond donors (Lipinski definition) is 0. The molecule has 2 fully saturated rings. The molecule has 2 aromatic rings. The van der Waals surface area contributed by atoms with E-state index in [1.807, 2.05) is 40.8 Å². The van der Waals surface area contributed by atoms with Crippen LogP contribution in [0.25, 0.3) is 5.82 Å². The number of aromatic nitrogens is 3. The van der Waals surface area contributed by atoms with Crippen LogP contribution >= 0.6 is 0 Å². The van der Waals surface area contributed by atoms with Crippen LogP contribution < -0.4 is 4.90 Å². The van der Waals surface area contributed by atoms with Gasteiger partial charge in [-0.05, 0) is 25.5 Å². The Morgan fingerprint density at radius 2 is 1.83 bits per heavy atom. The summed E-state index contributed by atoms with van der Waals surface area (Å²) in [6.07, 6.45) is -0.322. The molecule has 1 atom stereocenters. The van der Waals surface area contributed by atoms with Gasteiger partial charge in [0.1, 0.15) is 24.0 Å². The quantitative estimate of drug-likeness (QED) is 0.773. The standard InChI is InChI=1S/C19H23F3N6O/c1-14-23-6-8-28(14)17-4-2-3-16(24-17)26-11-9-25(10-12-26)15-5-7-27(18(15)29)13-19(20,21)22/h2-4,6,8,15H,5,7,9-13H2,1H3. The number of anilines is 1. The van der Waals surface area contributed by atoms with Crippen molar-refractivity contribution in [1.29, 1.82) is 0 Å². The molecule has 1 unspecified atom stereocenters. The van der Waals surface area contributed by atoms with Crippen LogP contribution in [0.5, 0.6) is 0 Å². The average molecular weight is 408 g/mol. The van der Waals surface area contributed by atoms with Gasteiger partial charge in [0, 0.05) is 45.1 Å². The number of piperazine rings is 1. The minimum Gasteiger partial charge on any atom is -0.354 e. The van der Waals surface area contributed by atoms with Crippen molar-refractivity contribution in [3.8, 4) is 5.82 Å². The first-order valence-corrected chi connectivity index (χ1v) is 9.64. The Kier molecular flexibility index (Phi) is 5.20. The predicted molar refractivity (Wildman–Crippen MR) is 101 cm³/mol. The van der Waals surface area contributed by atoms with E-state index in [0.717, 1.165) is 22.4 Å². The number of rotatable bonds is 4. The number of likely N-dealkylation sites (tertiary alicyclic amines) is 1. The van der Waals surface area contributed by atoms with E-state index in [9.17, 15) is 18.0 Å². The van der Waals surface area contributed by atoms with Gasteiger partial charge in [0.2, 0.25) is 5.91 Å². The number of amides is 1. The molecular weight excluding hydrogens is 385 g/mol. The van der Waals surface area contributed by atoms with Crippen molar-refractivity contribution in [1.82, 2.24) is 24.3 Å². The van der Waals surface area contributed by atoms with E-state index in [2.05, 4.69) is 9.88 Å². The number of hydrogen-bond acceptors (Lipinski definition) is 5. The minimum atomic E-state index is -4.35. The van der Waals surface area contributed by atoms with Gasteiger partial charge in [-0.2, -0.15) is 13.2 Å². The van der Waals surface area contributed by atoms with E-state index in [1.54, 1.807) is 6.20 Å². The van der Waals surface area contributed by atoms with Crippen molar-refractivity contribution in [2.24, 2.45) is 0 Å². The maximum absolute atomic E-state index is 12.6. The van der Waals surface area contributed by atoms with E-state index in [1.165, 1.54) is 0 Å². The largest absolute Gasteiger partial charge is 0.406 e. The molecule has 2 aliphatic heterocycles. The molecule has 0 saturated carbocycles. The zero-order valence-electron chi connectivity index (χ0n) is 16.1. The monoisotopic (exact) mass is 408 g/mol. The van der Waals surface area contributed by atoms with Crippen molar-refractivity contribution < 1.29 is 18.0 Å². The Bertz CT molecular complexity index is 875. The highest BCUT2D eigenvalue weighted by molar-refractivity contribution is 5.84. The fourth-order valence-corrected chi connectivity index (χ4v) is 4.04. The SMILES string of the molecule is Cc1nccn1-c1cccc(N2CCN(C3CCN(CC(F)(F)F)C3=O)CC2)n1. The van der Waals surface area contributed by atoms with Crippen LogP contribution in [0.1, 0.15) is 12.2 Å². The van der Waals surface area contributed by atoms with Gasteiger partial charge in [-0.3, -0.25) is 14.3 Å². The lowest BCUT2D eigenvalue weighted by atomic mass is 10.2. The molecule has 4 rings (SSSR count). The second-order valence-corrected chi connectivity index (χ2v) is 7.40. The van der Waals surface area contributed by atoms with Crippen LogP contribution in [0.4, 0.5) is 19.0 Å². The molecule has 0 spiro atoms. The maximum atomic E-state index is 12.6. The Labute approximate surface area is 166 Å². The van der Waals surface area contributed by atoms with Crippen molar-refractivity contribution in [2.45, 2.75) is 25.6 Å². The Morgan fingerprint density at radius 1 is 1.10 bits per heavy atom. The predicted octanol–water partition coefficient (Wildman–Crippen LogP) is 1.86. The topological polar surface area (TPSA) is 57.5 Å². The van der Waals surface area contributed by atoms with Crippen molar-refractivity contribution >= 4 is 11.7 Å². The average Bonchev–Trinajstić information content (AvgIpc) is 3.27. The summed E-state index contributed by atoms with van der Waals surface area (Å²) in [5.41, 5.74) is 0. The Hall–Kier alpha value is -2.62. The highest BCUT2D eigenvalue weighted by Crippen LogP contribution is 2.25. The highest BCUT2D eigenvalue weighted by Gasteiger charge is 2.42. The molecule has 1 amide bonds. The molecule has 7 nitrogen and oxygen atoms in total. The zero-order chi connectivity index (χ0) is 20.6. The lowest BCUT2D eigenvalue weighted by Gasteiger charge is -2.38. The number of imidazole rings is 1. The first-order chi connectivity index (χ1) is 13.8. The number of carbonyl (C=O) groups excluding carboxylic acids is 1. The molecule has 0 aliphatic carbocycles. The number of pyridine rings is 1. The third kappa shape index (κ3) is 4.21. The fraction of sp³-hybridized carbons (Fsp3) is 0.526. The number of nitrogens with zero attached hydrogens (tertiary/aromatic N) is 6. The summed E-state index contributed by atoms with van der Waals surface area (Å²) >= 11 is 0. The lowest BCUT2D eigenvalue weighted by molar-refractivity contribution is -0.159. The molecule has 10 heteroatoms. The van der Waals surface area contributed by atoms with Crippen LogP contribution in [0.15, 0.2) is 30.6 Å². The lowest BCUT2D eigenvalue weighted by Crippen LogP contribution is -2.53. The molecule has 0 N–H and O–H groups in total. The first-order valence-electron chi connectivity index (χ1n) is 9.64. The minimum absolute atomic E-state index is 0.164. The highest BCUT2D eigenvalue weighted by atomic mass is 19.4. The summed E-state index contributed by atoms with van der Waals surface area (Å²) in [5.74, 6) is 2.06. The van der Waals surface area contributed by atoms with E-state index >= 15 is 0 Å². The van der Waals surface area contributed by atoms with Crippen LogP contribution in [-0.2, 0) is 4.79 Å². The van der Waals surface area contributed by atoms with Gasteiger partial charge in [0.15, 0.2) is 0 Å². The molecule has 4 heterocycles. The van der Waals surface area contributed by atoms with Gasteiger partial charge in [-0.15, -0.1) is 0 Å². The molecule has 29 heavy (non-hydrogen) atoms. The third-order valence-corrected chi connectivity index (χ3v) is 5.51. The molecule has 0 bridgehead atoms. The fourth-order valence-electron chi connectivity index (χ4n) is 4.04. The van der Waals surface area contributed by atoms with Gasteiger partial charge in [-0.1, -0.05) is 6.07 Å². The van der Waals surface area contributed by atoms with E-state index in [-0.39, 0.29) is 6.54 Å². The molecule has 2 aromatic heterocycles. The van der Waals surface area contributed by atoms with Crippen LogP contribution in [0.3, 0.4) is 0 Å². The van der Waals surface area contributed by atoms with Crippen molar-refractivity contribution in [3.63, 3.8) is 0 Å². The van der Waals surface area contributed by atoms with Gasteiger partial charge in [0.25, 0.3) is 0 Å². The molecule has 0 radical (unpaired) electrons. The van der Waals surface area contributed by atoms with Crippen LogP contribution in [-0.4, -0.2) is 81.7 Å². The van der Waals surface area contributed by atoms with Gasteiger partial charge < -0.3 is 9.80 Å². The van der Waals surface area contributed by atoms with Crippen LogP contribution in [0, 0.1) is 6.92 Å². The summed E-state index contributed by atoms with van der Waals surface area (Å²) in [6, 6.07) is 5.35. The van der Waals surface area contributed by atoms with Gasteiger partial charge >= 0.3 is 6.18 Å². The number of halogens is 3. The number of carbonyl (C=O) groups is 1. The van der Waals surface area contributed by atoms with E-state index in [4.69, 9.17) is 4.98 Å². The van der Waals surface area contributed by atoms with Crippen LogP contribution in [0.2, 0.25) is 0 Å². The first kappa shape index (κ1) is 19.7. The normalized spacial score (nSPS) is 21.2. The maximum Gasteiger partial charge on any atom is 0.406 e. The van der Waals surface area contributed by atoms with Gasteiger partial charge in [-0.25, -0.2) is 9.97 Å². The molecule has 2 aliphatic rings. The van der Waals surface area contributed by atoms with Crippen molar-refractivity contribution in [3.05, 3.63) is 36.4 Å². The smallest absolute Gasteiger partial charge is 0.354 e. The number of alkyl halides is 3. The summed E-state index contributed by atoms with van der Waals surface area (Å²) in [4.78, 5) is 26.4. The zero-order valence-corrected chi connectivity index (χ0v) is 16.1. The summed E-state index contributed by atoms with van der Waals surface area (Å²) in [5, 5.41) is 0. The summed E-state index contributed by atoms with van der Waals surface area (Å²) < 4.78 is 39.8. The van der Waals surface area contributed by atoms with E-state index in [0.29, 0.717) is 32.6 Å². The molecule has 2 saturated heterocycles. The third-order valence-electron chi connectivity index (χ3n) is 5.51. The Morgan fingerprint density at radius 3 is 2.48 bits per heavy atom. The number of aryl methyl sites for hydroxylation is 1. The molecule has 0 aromatic carbocycles.